The lowest BCUT2D eigenvalue weighted by Crippen LogP contribution is -2.53. The van der Waals surface area contributed by atoms with Gasteiger partial charge in [0.05, 0.1) is 12.7 Å². The van der Waals surface area contributed by atoms with Crippen LogP contribution in [-0.2, 0) is 25.6 Å². The second-order valence-corrected chi connectivity index (χ2v) is 10.3. The molecule has 0 saturated carbocycles. The third kappa shape index (κ3) is 6.54. The maximum Gasteiger partial charge on any atom is 0.425 e. The zero-order valence-electron chi connectivity index (χ0n) is 20.6. The summed E-state index contributed by atoms with van der Waals surface area (Å²) in [5.74, 6) is -0.872. The topological polar surface area (TPSA) is 102 Å². The summed E-state index contributed by atoms with van der Waals surface area (Å²) in [7, 11) is 0. The van der Waals surface area contributed by atoms with E-state index in [1.807, 2.05) is 30.3 Å². The van der Waals surface area contributed by atoms with Crippen LogP contribution < -0.4 is 0 Å². The molecule has 0 spiro atoms. The number of benzene rings is 1. The molecule has 0 radical (unpaired) electrons. The van der Waals surface area contributed by atoms with Gasteiger partial charge < -0.3 is 14.2 Å². The summed E-state index contributed by atoms with van der Waals surface area (Å²) in [6.07, 6.45) is -2.74. The molecule has 2 atom stereocenters. The van der Waals surface area contributed by atoms with Crippen LogP contribution in [0.1, 0.15) is 67.4 Å². The van der Waals surface area contributed by atoms with Crippen molar-refractivity contribution in [2.45, 2.75) is 91.3 Å². The predicted molar refractivity (Wildman–Crippen MR) is 120 cm³/mol. The third-order valence-electron chi connectivity index (χ3n) is 4.75. The molecule has 182 valence electrons. The van der Waals surface area contributed by atoms with E-state index in [0.717, 1.165) is 5.56 Å². The summed E-state index contributed by atoms with van der Waals surface area (Å²) in [6, 6.07) is 8.34. The van der Waals surface area contributed by atoms with Crippen LogP contribution in [0.3, 0.4) is 0 Å². The van der Waals surface area contributed by atoms with Crippen LogP contribution in [-0.4, -0.2) is 56.8 Å². The Morgan fingerprint density at radius 2 is 1.45 bits per heavy atom. The normalized spacial score (nSPS) is 20.1. The van der Waals surface area contributed by atoms with Crippen molar-refractivity contribution < 1.29 is 33.4 Å². The molecule has 9 heteroatoms. The second-order valence-electron chi connectivity index (χ2n) is 10.3. The Hall–Kier alpha value is -2.94. The number of nitrogens with zero attached hydrogens (tertiary/aromatic N) is 2. The zero-order chi connectivity index (χ0) is 25.2. The van der Waals surface area contributed by atoms with Gasteiger partial charge in [-0.15, -0.1) is 0 Å². The van der Waals surface area contributed by atoms with Gasteiger partial charge in [0.25, 0.3) is 5.91 Å². The number of urea groups is 1. The smallest absolute Gasteiger partial charge is 0.425 e. The fourth-order valence-corrected chi connectivity index (χ4v) is 3.40. The van der Waals surface area contributed by atoms with E-state index >= 15 is 0 Å². The van der Waals surface area contributed by atoms with Gasteiger partial charge in [0.1, 0.15) is 16.7 Å². The van der Waals surface area contributed by atoms with Crippen LogP contribution in [0.2, 0.25) is 0 Å². The van der Waals surface area contributed by atoms with Gasteiger partial charge in [0, 0.05) is 6.42 Å². The third-order valence-corrected chi connectivity index (χ3v) is 4.75. The average Bonchev–Trinajstić information content (AvgIpc) is 2.83. The number of imide groups is 4. The summed E-state index contributed by atoms with van der Waals surface area (Å²) in [4.78, 5) is 53.2. The minimum absolute atomic E-state index is 0.0387. The number of carbonyl (C=O) groups excluding carboxylic acids is 4. The molecule has 0 unspecified atom stereocenters. The molecule has 0 N–H and O–H groups in total. The van der Waals surface area contributed by atoms with Crippen molar-refractivity contribution in [1.82, 2.24) is 9.80 Å². The highest BCUT2D eigenvalue weighted by atomic mass is 16.6. The van der Waals surface area contributed by atoms with Gasteiger partial charge in [-0.1, -0.05) is 30.3 Å². The molecule has 0 aromatic heterocycles. The van der Waals surface area contributed by atoms with Gasteiger partial charge in [-0.25, -0.2) is 19.3 Å². The van der Waals surface area contributed by atoms with E-state index in [0.29, 0.717) is 9.80 Å². The highest BCUT2D eigenvalue weighted by Crippen LogP contribution is 2.35. The van der Waals surface area contributed by atoms with Crippen molar-refractivity contribution in [2.75, 3.05) is 0 Å². The SMILES string of the molecule is C[C@@H](C[C@@]1(C)C(=O)N(C(=O)OC(C)(C)C)C(=O)N1C(=O)OC(C)(C)C)OCc1ccccc1. The van der Waals surface area contributed by atoms with E-state index in [4.69, 9.17) is 14.2 Å². The summed E-state index contributed by atoms with van der Waals surface area (Å²) >= 11 is 0. The first-order chi connectivity index (χ1) is 15.0. The minimum Gasteiger partial charge on any atom is -0.443 e. The van der Waals surface area contributed by atoms with Gasteiger partial charge in [-0.3, -0.25) is 4.79 Å². The predicted octanol–water partition coefficient (Wildman–Crippen LogP) is 4.87. The molecular weight excluding hydrogens is 428 g/mol. The molecule has 1 saturated heterocycles. The quantitative estimate of drug-likeness (QED) is 0.575. The number of amides is 5. The number of carbonyl (C=O) groups is 4. The van der Waals surface area contributed by atoms with Gasteiger partial charge in [-0.2, -0.15) is 4.90 Å². The lowest BCUT2D eigenvalue weighted by Gasteiger charge is -2.33. The van der Waals surface area contributed by atoms with Crippen LogP contribution >= 0.6 is 0 Å². The van der Waals surface area contributed by atoms with E-state index in [1.54, 1.807) is 48.5 Å². The van der Waals surface area contributed by atoms with Gasteiger partial charge in [-0.05, 0) is 61.0 Å². The average molecular weight is 463 g/mol. The largest absolute Gasteiger partial charge is 0.443 e. The highest BCUT2D eigenvalue weighted by molar-refractivity contribution is 6.20. The molecule has 2 rings (SSSR count). The Kier molecular flexibility index (Phi) is 7.58. The monoisotopic (exact) mass is 462 g/mol. The van der Waals surface area contributed by atoms with E-state index < -0.39 is 47.0 Å². The van der Waals surface area contributed by atoms with Gasteiger partial charge >= 0.3 is 18.2 Å². The molecule has 1 fully saturated rings. The maximum absolute atomic E-state index is 13.4. The fourth-order valence-electron chi connectivity index (χ4n) is 3.40. The number of hydrogen-bond acceptors (Lipinski definition) is 7. The van der Waals surface area contributed by atoms with Crippen molar-refractivity contribution in [3.63, 3.8) is 0 Å². The van der Waals surface area contributed by atoms with Crippen molar-refractivity contribution in [3.05, 3.63) is 35.9 Å². The summed E-state index contributed by atoms with van der Waals surface area (Å²) in [5.41, 5.74) is -2.63. The molecule has 33 heavy (non-hydrogen) atoms. The number of ether oxygens (including phenoxy) is 3. The standard InChI is InChI=1S/C24H34N2O7/c1-16(31-15-17-12-10-9-11-13-17)14-24(8)18(27)25(20(29)32-22(2,3)4)19(28)26(24)21(30)33-23(5,6)7/h9-13,16H,14-15H2,1-8H3/t16-,24-/m0/s1. The van der Waals surface area contributed by atoms with Crippen LogP contribution in [0.25, 0.3) is 0 Å². The summed E-state index contributed by atoms with van der Waals surface area (Å²) < 4.78 is 16.5. The van der Waals surface area contributed by atoms with E-state index in [-0.39, 0.29) is 13.0 Å². The van der Waals surface area contributed by atoms with Crippen LogP contribution in [0, 0.1) is 0 Å². The highest BCUT2D eigenvalue weighted by Gasteiger charge is 2.61. The molecule has 1 aliphatic heterocycles. The van der Waals surface area contributed by atoms with Crippen molar-refractivity contribution in [2.24, 2.45) is 0 Å². The van der Waals surface area contributed by atoms with Crippen molar-refractivity contribution >= 4 is 24.1 Å². The van der Waals surface area contributed by atoms with Crippen LogP contribution in [0.15, 0.2) is 30.3 Å². The van der Waals surface area contributed by atoms with Crippen LogP contribution in [0.5, 0.6) is 0 Å². The lowest BCUT2D eigenvalue weighted by molar-refractivity contribution is -0.134. The zero-order valence-corrected chi connectivity index (χ0v) is 20.6. The van der Waals surface area contributed by atoms with E-state index in [9.17, 15) is 19.2 Å². The molecular formula is C24H34N2O7. The van der Waals surface area contributed by atoms with Crippen molar-refractivity contribution in [1.29, 1.82) is 0 Å². The maximum atomic E-state index is 13.4. The lowest BCUT2D eigenvalue weighted by atomic mass is 9.93. The molecule has 1 aromatic carbocycles. The fraction of sp³-hybridized carbons (Fsp3) is 0.583. The summed E-state index contributed by atoms with van der Waals surface area (Å²) in [6.45, 7) is 13.2. The first-order valence-electron chi connectivity index (χ1n) is 10.9. The van der Waals surface area contributed by atoms with Crippen molar-refractivity contribution in [3.8, 4) is 0 Å². The molecule has 1 aromatic rings. The molecule has 0 bridgehead atoms. The Morgan fingerprint density at radius 3 is 1.97 bits per heavy atom. The van der Waals surface area contributed by atoms with E-state index in [1.165, 1.54) is 6.92 Å². The number of rotatable bonds is 5. The molecule has 0 aliphatic carbocycles. The molecule has 1 aliphatic rings. The molecule has 1 heterocycles. The molecule has 9 nitrogen and oxygen atoms in total. The first-order valence-corrected chi connectivity index (χ1v) is 10.9. The molecule has 5 amide bonds. The Balaban J connectivity index is 2.32. The van der Waals surface area contributed by atoms with Gasteiger partial charge in [0.15, 0.2) is 0 Å². The Labute approximate surface area is 195 Å². The van der Waals surface area contributed by atoms with E-state index in [2.05, 4.69) is 0 Å². The Morgan fingerprint density at radius 1 is 0.939 bits per heavy atom. The summed E-state index contributed by atoms with van der Waals surface area (Å²) in [5, 5.41) is 0. The van der Waals surface area contributed by atoms with Gasteiger partial charge in [0.2, 0.25) is 0 Å². The Bertz CT molecular complexity index is 902. The van der Waals surface area contributed by atoms with Crippen LogP contribution in [0.4, 0.5) is 14.4 Å². The minimum atomic E-state index is -1.70. The first kappa shape index (κ1) is 26.3. The number of hydrogen-bond donors (Lipinski definition) is 0. The second kappa shape index (κ2) is 9.51.